The molecule has 0 spiro atoms. The fourth-order valence-corrected chi connectivity index (χ4v) is 6.37. The molecular formula is C30H41ClN8O. The monoisotopic (exact) mass is 564 g/mol. The average molecular weight is 565 g/mol. The number of aromatic nitrogens is 4. The van der Waals surface area contributed by atoms with Crippen LogP contribution in [-0.4, -0.2) is 95.3 Å². The topological polar surface area (TPSA) is 84.5 Å². The van der Waals surface area contributed by atoms with Crippen LogP contribution in [0.1, 0.15) is 48.6 Å². The molecule has 1 N–H and O–H groups in total. The number of nitrogens with one attached hydrogen (secondary N) is 1. The van der Waals surface area contributed by atoms with Gasteiger partial charge in [-0.3, -0.25) is 9.89 Å². The third-order valence-corrected chi connectivity index (χ3v) is 8.98. The molecule has 0 saturated carbocycles. The highest BCUT2D eigenvalue weighted by molar-refractivity contribution is 6.32. The van der Waals surface area contributed by atoms with E-state index < -0.39 is 0 Å². The lowest BCUT2D eigenvalue weighted by molar-refractivity contribution is -0.126. The number of fused-ring (bicyclic) bond motifs is 2. The van der Waals surface area contributed by atoms with E-state index in [9.17, 15) is 4.79 Å². The Morgan fingerprint density at radius 3 is 2.55 bits per heavy atom. The summed E-state index contributed by atoms with van der Waals surface area (Å²) < 4.78 is 0. The summed E-state index contributed by atoms with van der Waals surface area (Å²) in [5, 5.41) is 9.31. The van der Waals surface area contributed by atoms with Crippen molar-refractivity contribution in [2.24, 2.45) is 0 Å². The van der Waals surface area contributed by atoms with Crippen molar-refractivity contribution in [3.05, 3.63) is 52.3 Å². The largest absolute Gasteiger partial charge is 0.353 e. The van der Waals surface area contributed by atoms with Crippen LogP contribution in [0, 0.1) is 6.92 Å². The van der Waals surface area contributed by atoms with Crippen molar-refractivity contribution in [1.29, 1.82) is 0 Å². The molecule has 2 aliphatic heterocycles. The summed E-state index contributed by atoms with van der Waals surface area (Å²) in [6.45, 7) is 14.5. The van der Waals surface area contributed by atoms with Crippen molar-refractivity contribution in [1.82, 2.24) is 30.0 Å². The van der Waals surface area contributed by atoms with E-state index in [2.05, 4.69) is 52.5 Å². The standard InChI is InChI=1S/C28H35ClN8O.C2H6/c1-5-25(38)35-8-10-36(11-9-35)27-20-7-6-18(26-17(2)22(29)13-24-21(26)14-30-33-24)12-23(20)31-28(32-27)37-15-19(16-37)34(3)4;1-2/h5,13-14,18-19H,1,6-12,15-16H2,2-4H3,(H,30,33);1-2H3. The van der Waals surface area contributed by atoms with Gasteiger partial charge in [-0.05, 0) is 69.5 Å². The molecule has 6 rings (SSSR count). The van der Waals surface area contributed by atoms with Gasteiger partial charge >= 0.3 is 0 Å². The molecule has 3 aliphatic rings. The van der Waals surface area contributed by atoms with Crippen LogP contribution in [-0.2, 0) is 17.6 Å². The van der Waals surface area contributed by atoms with Gasteiger partial charge in [-0.2, -0.15) is 10.1 Å². The van der Waals surface area contributed by atoms with E-state index in [1.54, 1.807) is 0 Å². The SMILES string of the molecule is C=CC(=O)N1CCN(c2nc(N3CC(N(C)C)C3)nc3c2CCC(c2c(C)c(Cl)cc4[nH]ncc24)C3)CC1.CC. The third kappa shape index (κ3) is 5.17. The van der Waals surface area contributed by atoms with Crippen molar-refractivity contribution in [3.8, 4) is 0 Å². The van der Waals surface area contributed by atoms with Crippen LogP contribution in [0.25, 0.3) is 10.9 Å². The van der Waals surface area contributed by atoms with E-state index >= 15 is 0 Å². The Morgan fingerprint density at radius 2 is 1.88 bits per heavy atom. The van der Waals surface area contributed by atoms with Gasteiger partial charge in [-0.15, -0.1) is 0 Å². The molecule has 2 fully saturated rings. The van der Waals surface area contributed by atoms with Crippen LogP contribution in [0.5, 0.6) is 0 Å². The number of aromatic amines is 1. The van der Waals surface area contributed by atoms with Crippen LogP contribution in [0.2, 0.25) is 5.02 Å². The summed E-state index contributed by atoms with van der Waals surface area (Å²) in [6, 6.07) is 2.49. The van der Waals surface area contributed by atoms with Gasteiger partial charge < -0.3 is 19.6 Å². The smallest absolute Gasteiger partial charge is 0.246 e. The molecule has 1 aromatic carbocycles. The summed E-state index contributed by atoms with van der Waals surface area (Å²) in [5.41, 5.74) is 5.77. The van der Waals surface area contributed by atoms with Crippen molar-refractivity contribution < 1.29 is 4.79 Å². The minimum atomic E-state index is -0.00402. The van der Waals surface area contributed by atoms with Gasteiger partial charge in [0.1, 0.15) is 5.82 Å². The van der Waals surface area contributed by atoms with E-state index in [4.69, 9.17) is 21.6 Å². The highest BCUT2D eigenvalue weighted by atomic mass is 35.5. The van der Waals surface area contributed by atoms with Gasteiger partial charge in [0.05, 0.1) is 17.4 Å². The van der Waals surface area contributed by atoms with Crippen LogP contribution in [0.4, 0.5) is 11.8 Å². The summed E-state index contributed by atoms with van der Waals surface area (Å²) in [5.74, 6) is 2.16. The number of amides is 1. The zero-order valence-electron chi connectivity index (χ0n) is 24.4. The van der Waals surface area contributed by atoms with Crippen LogP contribution >= 0.6 is 11.6 Å². The van der Waals surface area contributed by atoms with Crippen molar-refractivity contribution in [3.63, 3.8) is 0 Å². The summed E-state index contributed by atoms with van der Waals surface area (Å²) in [4.78, 5) is 31.2. The number of piperazine rings is 1. The van der Waals surface area contributed by atoms with Crippen molar-refractivity contribution >= 4 is 40.2 Å². The number of rotatable bonds is 5. The number of H-pyrrole nitrogens is 1. The molecule has 0 bridgehead atoms. The molecule has 10 heteroatoms. The first kappa shape index (κ1) is 28.4. The molecule has 40 heavy (non-hydrogen) atoms. The fraction of sp³-hybridized carbons (Fsp3) is 0.533. The van der Waals surface area contributed by atoms with Gasteiger partial charge in [-0.1, -0.05) is 32.0 Å². The van der Waals surface area contributed by atoms with E-state index in [1.807, 2.05) is 31.0 Å². The molecule has 1 amide bonds. The predicted octanol–water partition coefficient (Wildman–Crippen LogP) is 4.20. The van der Waals surface area contributed by atoms with Crippen molar-refractivity contribution in [2.75, 3.05) is 63.2 Å². The first-order valence-electron chi connectivity index (χ1n) is 14.4. The molecule has 4 heterocycles. The quantitative estimate of drug-likeness (QED) is 0.465. The maximum atomic E-state index is 12.2. The van der Waals surface area contributed by atoms with Crippen molar-refractivity contribution in [2.45, 2.75) is 52.0 Å². The van der Waals surface area contributed by atoms with Gasteiger partial charge in [0.25, 0.3) is 0 Å². The Morgan fingerprint density at radius 1 is 1.15 bits per heavy atom. The number of halogens is 1. The van der Waals surface area contributed by atoms with Crippen LogP contribution < -0.4 is 9.80 Å². The first-order chi connectivity index (χ1) is 19.3. The van der Waals surface area contributed by atoms with Gasteiger partial charge in [0.15, 0.2) is 0 Å². The highest BCUT2D eigenvalue weighted by Crippen LogP contribution is 2.42. The number of benzene rings is 1. The maximum Gasteiger partial charge on any atom is 0.246 e. The Balaban J connectivity index is 0.00000158. The molecule has 1 atom stereocenters. The second-order valence-electron chi connectivity index (χ2n) is 11.0. The number of anilines is 2. The zero-order chi connectivity index (χ0) is 28.6. The lowest BCUT2D eigenvalue weighted by Gasteiger charge is -2.44. The highest BCUT2D eigenvalue weighted by Gasteiger charge is 2.35. The average Bonchev–Trinajstić information content (AvgIpc) is 3.40. The van der Waals surface area contributed by atoms with E-state index in [-0.39, 0.29) is 5.91 Å². The first-order valence-corrected chi connectivity index (χ1v) is 14.8. The Labute approximate surface area is 242 Å². The number of hydrogen-bond acceptors (Lipinski definition) is 7. The molecule has 214 valence electrons. The van der Waals surface area contributed by atoms with E-state index in [0.29, 0.717) is 25.0 Å². The minimum absolute atomic E-state index is 0.00402. The lowest BCUT2D eigenvalue weighted by Crippen LogP contribution is -2.58. The molecular weight excluding hydrogens is 524 g/mol. The summed E-state index contributed by atoms with van der Waals surface area (Å²) in [6.07, 6.45) is 6.09. The van der Waals surface area contributed by atoms with Gasteiger partial charge in [0.2, 0.25) is 11.9 Å². The van der Waals surface area contributed by atoms with Gasteiger partial charge in [-0.25, -0.2) is 4.98 Å². The fourth-order valence-electron chi connectivity index (χ4n) is 6.16. The molecule has 9 nitrogen and oxygen atoms in total. The summed E-state index contributed by atoms with van der Waals surface area (Å²) >= 11 is 6.65. The molecule has 1 unspecified atom stereocenters. The van der Waals surface area contributed by atoms with Gasteiger partial charge in [0, 0.05) is 61.3 Å². The molecule has 2 saturated heterocycles. The van der Waals surface area contributed by atoms with Crippen LogP contribution in [0.3, 0.4) is 0 Å². The minimum Gasteiger partial charge on any atom is -0.353 e. The third-order valence-electron chi connectivity index (χ3n) is 8.58. The predicted molar refractivity (Wildman–Crippen MR) is 163 cm³/mol. The summed E-state index contributed by atoms with van der Waals surface area (Å²) in [7, 11) is 4.25. The molecule has 1 aliphatic carbocycles. The number of hydrogen-bond donors (Lipinski definition) is 1. The lowest BCUT2D eigenvalue weighted by atomic mass is 9.79. The number of carbonyl (C=O) groups is 1. The number of carbonyl (C=O) groups excluding carboxylic acids is 1. The second-order valence-corrected chi connectivity index (χ2v) is 11.4. The second kappa shape index (κ2) is 11.7. The van der Waals surface area contributed by atoms with E-state index in [1.165, 1.54) is 17.2 Å². The van der Waals surface area contributed by atoms with E-state index in [0.717, 1.165) is 84.4 Å². The normalized spacial score (nSPS) is 19.3. The molecule has 2 aromatic heterocycles. The zero-order valence-corrected chi connectivity index (χ0v) is 25.1. The molecule has 3 aromatic rings. The Bertz CT molecular complexity index is 1390. The Hall–Kier alpha value is -3.17. The number of likely N-dealkylation sites (N-methyl/N-ethyl adjacent to an activating group) is 1. The molecule has 0 radical (unpaired) electrons. The van der Waals surface area contributed by atoms with Crippen LogP contribution in [0.15, 0.2) is 24.9 Å². The Kier molecular flexibility index (Phi) is 8.33. The maximum absolute atomic E-state index is 12.2. The number of nitrogens with zero attached hydrogens (tertiary/aromatic N) is 7.